The fourth-order valence-corrected chi connectivity index (χ4v) is 4.30. The first-order valence-electron chi connectivity index (χ1n) is 13.3. The number of carbonyl (C=O) groups is 1. The molecule has 4 aromatic rings. The van der Waals surface area contributed by atoms with Crippen molar-refractivity contribution in [3.05, 3.63) is 129 Å². The van der Waals surface area contributed by atoms with Crippen LogP contribution in [-0.4, -0.2) is 19.1 Å². The van der Waals surface area contributed by atoms with Gasteiger partial charge in [-0.2, -0.15) is 0 Å². The molecular formula is C32H29FO8. The average Bonchev–Trinajstić information content (AvgIpc) is 3.00. The highest BCUT2D eigenvalue weighted by Crippen LogP contribution is 2.36. The molecule has 0 spiro atoms. The Labute approximate surface area is 236 Å². The van der Waals surface area contributed by atoms with Gasteiger partial charge in [0.1, 0.15) is 25.1 Å². The van der Waals surface area contributed by atoms with Gasteiger partial charge in [-0.05, 0) is 48.1 Å². The highest BCUT2D eigenvalue weighted by molar-refractivity contribution is 5.63. The number of rotatable bonds is 10. The molecule has 8 nitrogen and oxygen atoms in total. The van der Waals surface area contributed by atoms with Crippen molar-refractivity contribution in [1.82, 2.24) is 0 Å². The number of benzene rings is 3. The molecule has 41 heavy (non-hydrogen) atoms. The van der Waals surface area contributed by atoms with Crippen molar-refractivity contribution in [2.24, 2.45) is 0 Å². The largest absolute Gasteiger partial charge is 0.516 e. The van der Waals surface area contributed by atoms with Crippen LogP contribution in [0.15, 0.2) is 100 Å². The number of hydrogen-bond acceptors (Lipinski definition) is 8. The normalized spacial score (nSPS) is 15.6. The molecular weight excluding hydrogens is 531 g/mol. The van der Waals surface area contributed by atoms with Crippen molar-refractivity contribution >= 4 is 6.16 Å². The van der Waals surface area contributed by atoms with Crippen LogP contribution < -0.4 is 14.9 Å². The molecule has 2 atom stereocenters. The van der Waals surface area contributed by atoms with E-state index < -0.39 is 35.7 Å². The van der Waals surface area contributed by atoms with E-state index in [1.165, 1.54) is 24.3 Å². The third kappa shape index (κ3) is 7.81. The molecule has 1 fully saturated rings. The van der Waals surface area contributed by atoms with Gasteiger partial charge in [0.25, 0.3) is 5.95 Å². The van der Waals surface area contributed by atoms with E-state index in [9.17, 15) is 14.0 Å². The summed E-state index contributed by atoms with van der Waals surface area (Å²) in [5, 5.41) is 0. The van der Waals surface area contributed by atoms with Crippen LogP contribution in [0.1, 0.15) is 47.8 Å². The Balaban J connectivity index is 1.47. The highest BCUT2D eigenvalue weighted by atomic mass is 19.1. The van der Waals surface area contributed by atoms with Gasteiger partial charge in [0.2, 0.25) is 11.2 Å². The molecule has 5 rings (SSSR count). The first kappa shape index (κ1) is 28.1. The average molecular weight is 561 g/mol. The summed E-state index contributed by atoms with van der Waals surface area (Å²) >= 11 is 0. The van der Waals surface area contributed by atoms with E-state index in [0.717, 1.165) is 30.0 Å². The lowest BCUT2D eigenvalue weighted by atomic mass is 10.1. The molecule has 9 heteroatoms. The van der Waals surface area contributed by atoms with Gasteiger partial charge in [0.05, 0.1) is 6.07 Å². The lowest BCUT2D eigenvalue weighted by Gasteiger charge is -2.28. The van der Waals surface area contributed by atoms with E-state index >= 15 is 0 Å². The van der Waals surface area contributed by atoms with Crippen molar-refractivity contribution in [3.63, 3.8) is 0 Å². The zero-order valence-electron chi connectivity index (χ0n) is 22.2. The van der Waals surface area contributed by atoms with Crippen LogP contribution in [-0.2, 0) is 27.4 Å². The second-order valence-corrected chi connectivity index (χ2v) is 9.39. The van der Waals surface area contributed by atoms with Crippen molar-refractivity contribution in [3.8, 4) is 11.7 Å². The van der Waals surface area contributed by atoms with Gasteiger partial charge in [-0.25, -0.2) is 9.18 Å². The molecule has 0 radical (unpaired) electrons. The van der Waals surface area contributed by atoms with Gasteiger partial charge >= 0.3 is 6.16 Å². The zero-order chi connectivity index (χ0) is 28.4. The Morgan fingerprint density at radius 2 is 1.59 bits per heavy atom. The van der Waals surface area contributed by atoms with Gasteiger partial charge in [0, 0.05) is 6.61 Å². The van der Waals surface area contributed by atoms with Crippen LogP contribution >= 0.6 is 0 Å². The summed E-state index contributed by atoms with van der Waals surface area (Å²) in [6.45, 7) is 0.544. The minimum Gasteiger partial charge on any atom is -0.482 e. The summed E-state index contributed by atoms with van der Waals surface area (Å²) < 4.78 is 48.2. The molecule has 0 aliphatic carbocycles. The van der Waals surface area contributed by atoms with Crippen molar-refractivity contribution in [1.29, 1.82) is 0 Å². The zero-order valence-corrected chi connectivity index (χ0v) is 22.2. The lowest BCUT2D eigenvalue weighted by Crippen LogP contribution is -2.26. The quantitative estimate of drug-likeness (QED) is 0.198. The van der Waals surface area contributed by atoms with E-state index in [-0.39, 0.29) is 24.7 Å². The lowest BCUT2D eigenvalue weighted by molar-refractivity contribution is -0.185. The third-order valence-electron chi connectivity index (χ3n) is 6.35. The molecule has 0 bridgehead atoms. The van der Waals surface area contributed by atoms with Crippen molar-refractivity contribution < 1.29 is 37.3 Å². The maximum absolute atomic E-state index is 13.8. The second-order valence-electron chi connectivity index (χ2n) is 9.39. The summed E-state index contributed by atoms with van der Waals surface area (Å²) in [6.07, 6.45) is -0.304. The van der Waals surface area contributed by atoms with Crippen LogP contribution in [0.5, 0.6) is 11.7 Å². The predicted molar refractivity (Wildman–Crippen MR) is 146 cm³/mol. The monoisotopic (exact) mass is 560 g/mol. The van der Waals surface area contributed by atoms with Crippen LogP contribution in [0.25, 0.3) is 0 Å². The summed E-state index contributed by atoms with van der Waals surface area (Å²) in [4.78, 5) is 25.8. The molecule has 0 saturated carbocycles. The van der Waals surface area contributed by atoms with Crippen LogP contribution in [0.2, 0.25) is 0 Å². The molecule has 2 heterocycles. The standard InChI is InChI=1S/C32H29FO8/c33-25-16-14-24(15-17-25)29(39-27-13-7-8-18-36-27)31-30(37-20-22-9-3-1-4-10-22)26(34)19-28(40-31)41-32(35)38-21-23-11-5-2-6-12-23/h1-6,9-12,14-17,19,27,29H,7-8,13,18,20-21H2. The minimum atomic E-state index is -1.06. The van der Waals surface area contributed by atoms with Gasteiger partial charge in [-0.1, -0.05) is 72.8 Å². The van der Waals surface area contributed by atoms with Crippen LogP contribution in [0, 0.1) is 5.82 Å². The smallest absolute Gasteiger partial charge is 0.482 e. The molecule has 2 unspecified atom stereocenters. The SMILES string of the molecule is O=C(OCc1ccccc1)Oc1cc(=O)c(OCc2ccccc2)c(C(OC2CCCCO2)c2ccc(F)cc2)o1. The highest BCUT2D eigenvalue weighted by Gasteiger charge is 2.30. The van der Waals surface area contributed by atoms with E-state index in [0.29, 0.717) is 18.6 Å². The summed E-state index contributed by atoms with van der Waals surface area (Å²) in [5.74, 6) is -1.04. The molecule has 1 saturated heterocycles. The number of halogens is 1. The Kier molecular flexibility index (Phi) is 9.41. The van der Waals surface area contributed by atoms with Crippen molar-refractivity contribution in [2.45, 2.75) is 44.9 Å². The molecule has 212 valence electrons. The minimum absolute atomic E-state index is 0.0324. The topological polar surface area (TPSA) is 93.4 Å². The Morgan fingerprint density at radius 1 is 0.902 bits per heavy atom. The summed E-state index contributed by atoms with van der Waals surface area (Å²) in [5.41, 5.74) is 1.46. The van der Waals surface area contributed by atoms with Gasteiger partial charge < -0.3 is 28.1 Å². The third-order valence-corrected chi connectivity index (χ3v) is 6.35. The summed E-state index contributed by atoms with van der Waals surface area (Å²) in [7, 11) is 0. The van der Waals surface area contributed by atoms with Crippen LogP contribution in [0.4, 0.5) is 9.18 Å². The fourth-order valence-electron chi connectivity index (χ4n) is 4.30. The Bertz CT molecular complexity index is 1470. The first-order chi connectivity index (χ1) is 20.0. The molecule has 3 aromatic carbocycles. The van der Waals surface area contributed by atoms with Gasteiger partial charge in [-0.3, -0.25) is 4.79 Å². The summed E-state index contributed by atoms with van der Waals surface area (Å²) in [6, 6.07) is 24.9. The molecule has 0 amide bonds. The second kappa shape index (κ2) is 13.7. The molecule has 1 aliphatic heterocycles. The predicted octanol–water partition coefficient (Wildman–Crippen LogP) is 6.71. The maximum atomic E-state index is 13.8. The molecule has 0 N–H and O–H groups in total. The maximum Gasteiger partial charge on any atom is 0.516 e. The van der Waals surface area contributed by atoms with E-state index in [2.05, 4.69) is 0 Å². The molecule has 1 aromatic heterocycles. The van der Waals surface area contributed by atoms with Gasteiger partial charge in [0.15, 0.2) is 12.1 Å². The Hall–Kier alpha value is -4.47. The van der Waals surface area contributed by atoms with Crippen molar-refractivity contribution in [2.75, 3.05) is 6.61 Å². The number of carbonyl (C=O) groups excluding carboxylic acids is 1. The van der Waals surface area contributed by atoms with Crippen LogP contribution in [0.3, 0.4) is 0 Å². The fraction of sp³-hybridized carbons (Fsp3) is 0.250. The van der Waals surface area contributed by atoms with E-state index in [4.69, 9.17) is 28.1 Å². The van der Waals surface area contributed by atoms with Gasteiger partial charge in [-0.15, -0.1) is 0 Å². The number of hydrogen-bond donors (Lipinski definition) is 0. The Morgan fingerprint density at radius 3 is 2.24 bits per heavy atom. The molecule has 1 aliphatic rings. The first-order valence-corrected chi connectivity index (χ1v) is 13.3. The van der Waals surface area contributed by atoms with E-state index in [1.54, 1.807) is 12.1 Å². The van der Waals surface area contributed by atoms with E-state index in [1.807, 2.05) is 48.5 Å². The number of ether oxygens (including phenoxy) is 5.